The number of amides is 1. The molecular formula is C24H30N2O6S. The normalized spacial score (nSPS) is 12.9. The number of benzene rings is 2. The highest BCUT2D eigenvalue weighted by atomic mass is 32.2. The molecule has 0 heterocycles. The molecule has 33 heavy (non-hydrogen) atoms. The summed E-state index contributed by atoms with van der Waals surface area (Å²) >= 11 is 0. The molecule has 0 radical (unpaired) electrons. The predicted molar refractivity (Wildman–Crippen MR) is 128 cm³/mol. The molecule has 0 aliphatic carbocycles. The maximum absolute atomic E-state index is 12.4. The van der Waals surface area contributed by atoms with E-state index in [-0.39, 0.29) is 16.1 Å². The van der Waals surface area contributed by atoms with Crippen molar-refractivity contribution >= 4 is 33.7 Å². The molecule has 0 aliphatic heterocycles. The van der Waals surface area contributed by atoms with Gasteiger partial charge in [-0.15, -0.1) is 0 Å². The average Bonchev–Trinajstić information content (AvgIpc) is 2.77. The predicted octanol–water partition coefficient (Wildman–Crippen LogP) is 3.48. The van der Waals surface area contributed by atoms with Gasteiger partial charge in [0.2, 0.25) is 10.0 Å². The molecule has 1 atom stereocenters. The molecular weight excluding hydrogens is 444 g/mol. The number of rotatable bonds is 8. The van der Waals surface area contributed by atoms with Crippen molar-refractivity contribution in [3.63, 3.8) is 0 Å². The molecule has 0 spiro atoms. The zero-order valence-corrected chi connectivity index (χ0v) is 20.4. The van der Waals surface area contributed by atoms with Gasteiger partial charge in [0.05, 0.1) is 7.11 Å². The Hall–Kier alpha value is -3.17. The van der Waals surface area contributed by atoms with E-state index in [2.05, 4.69) is 30.8 Å². The van der Waals surface area contributed by atoms with E-state index < -0.39 is 28.0 Å². The number of methoxy groups -OCH3 is 1. The maximum Gasteiger partial charge on any atom is 0.331 e. The Bertz CT molecular complexity index is 1130. The van der Waals surface area contributed by atoms with Crippen LogP contribution in [0.25, 0.3) is 6.08 Å². The second-order valence-electron chi connectivity index (χ2n) is 8.35. The first-order valence-corrected chi connectivity index (χ1v) is 11.8. The molecule has 2 N–H and O–H groups in total. The zero-order valence-electron chi connectivity index (χ0n) is 19.6. The highest BCUT2D eigenvalue weighted by Crippen LogP contribution is 2.25. The summed E-state index contributed by atoms with van der Waals surface area (Å²) in [4.78, 5) is 24.5. The smallest absolute Gasteiger partial charge is 0.331 e. The standard InChI is InChI=1S/C24H30N2O6S/c1-16(23(28)26-19-11-9-18(10-12-19)24(2,3)4)32-22(27)14-8-17-7-13-20(31-6)21(15-17)33(29,30)25-5/h7-16,25H,1-6H3,(H,26,28)/b14-8+. The highest BCUT2D eigenvalue weighted by Gasteiger charge is 2.19. The Kier molecular flexibility index (Phi) is 8.40. The second kappa shape index (κ2) is 10.6. The lowest BCUT2D eigenvalue weighted by Crippen LogP contribution is -2.29. The van der Waals surface area contributed by atoms with Gasteiger partial charge in [-0.05, 0) is 60.9 Å². The maximum atomic E-state index is 12.4. The van der Waals surface area contributed by atoms with Crippen LogP contribution in [0.15, 0.2) is 53.4 Å². The van der Waals surface area contributed by atoms with E-state index in [1.807, 2.05) is 12.1 Å². The van der Waals surface area contributed by atoms with Crippen LogP contribution in [-0.2, 0) is 29.8 Å². The number of esters is 1. The van der Waals surface area contributed by atoms with E-state index in [0.29, 0.717) is 11.3 Å². The van der Waals surface area contributed by atoms with Crippen molar-refractivity contribution in [2.24, 2.45) is 0 Å². The molecule has 0 fully saturated rings. The molecule has 1 unspecified atom stereocenters. The van der Waals surface area contributed by atoms with Crippen molar-refractivity contribution in [1.29, 1.82) is 0 Å². The fourth-order valence-corrected chi connectivity index (χ4v) is 3.77. The summed E-state index contributed by atoms with van der Waals surface area (Å²) in [7, 11) is -1.10. The van der Waals surface area contributed by atoms with Gasteiger partial charge >= 0.3 is 5.97 Å². The Morgan fingerprint density at radius 3 is 2.24 bits per heavy atom. The highest BCUT2D eigenvalue weighted by molar-refractivity contribution is 7.89. The number of nitrogens with one attached hydrogen (secondary N) is 2. The third kappa shape index (κ3) is 7.16. The zero-order chi connectivity index (χ0) is 24.8. The molecule has 178 valence electrons. The van der Waals surface area contributed by atoms with E-state index in [1.165, 1.54) is 39.3 Å². The van der Waals surface area contributed by atoms with Crippen molar-refractivity contribution < 1.29 is 27.5 Å². The topological polar surface area (TPSA) is 111 Å². The number of hydrogen-bond donors (Lipinski definition) is 2. The third-order valence-corrected chi connectivity index (χ3v) is 6.27. The van der Waals surface area contributed by atoms with Crippen LogP contribution in [0.3, 0.4) is 0 Å². The first-order valence-electron chi connectivity index (χ1n) is 10.3. The van der Waals surface area contributed by atoms with Gasteiger partial charge in [0.15, 0.2) is 6.10 Å². The van der Waals surface area contributed by atoms with Gasteiger partial charge in [0.25, 0.3) is 5.91 Å². The molecule has 2 aromatic rings. The van der Waals surface area contributed by atoms with Gasteiger partial charge in [-0.2, -0.15) is 0 Å². The molecule has 0 aromatic heterocycles. The Labute approximate surface area is 195 Å². The van der Waals surface area contributed by atoms with Crippen molar-refractivity contribution in [2.45, 2.75) is 44.1 Å². The van der Waals surface area contributed by atoms with Crippen molar-refractivity contribution in [2.75, 3.05) is 19.5 Å². The number of sulfonamides is 1. The van der Waals surface area contributed by atoms with Crippen molar-refractivity contribution in [3.05, 3.63) is 59.7 Å². The van der Waals surface area contributed by atoms with Gasteiger partial charge in [0.1, 0.15) is 10.6 Å². The lowest BCUT2D eigenvalue weighted by molar-refractivity contribution is -0.148. The minimum Gasteiger partial charge on any atom is -0.495 e. The minimum atomic E-state index is -3.75. The van der Waals surface area contributed by atoms with E-state index in [1.54, 1.807) is 18.2 Å². The van der Waals surface area contributed by atoms with E-state index >= 15 is 0 Å². The Morgan fingerprint density at radius 2 is 1.70 bits per heavy atom. The van der Waals surface area contributed by atoms with Gasteiger partial charge in [-0.1, -0.05) is 39.0 Å². The largest absolute Gasteiger partial charge is 0.495 e. The van der Waals surface area contributed by atoms with Crippen LogP contribution in [0.2, 0.25) is 0 Å². The lowest BCUT2D eigenvalue weighted by Gasteiger charge is -2.19. The van der Waals surface area contributed by atoms with Gasteiger partial charge in [-0.25, -0.2) is 17.9 Å². The van der Waals surface area contributed by atoms with Crippen molar-refractivity contribution in [1.82, 2.24) is 4.72 Å². The fraction of sp³-hybridized carbons (Fsp3) is 0.333. The molecule has 0 aliphatic rings. The summed E-state index contributed by atoms with van der Waals surface area (Å²) in [5, 5.41) is 2.71. The fourth-order valence-electron chi connectivity index (χ4n) is 2.85. The lowest BCUT2D eigenvalue weighted by atomic mass is 9.87. The Morgan fingerprint density at radius 1 is 1.06 bits per heavy atom. The number of carbonyl (C=O) groups is 2. The first kappa shape index (κ1) is 26.1. The summed E-state index contributed by atoms with van der Waals surface area (Å²) in [6.07, 6.45) is 1.49. The molecule has 0 bridgehead atoms. The van der Waals surface area contributed by atoms with Gasteiger partial charge in [0, 0.05) is 11.8 Å². The molecule has 8 nitrogen and oxygen atoms in total. The summed E-state index contributed by atoms with van der Waals surface area (Å²) in [5.41, 5.74) is 2.18. The second-order valence-corrected chi connectivity index (χ2v) is 10.2. The Balaban J connectivity index is 2.02. The third-order valence-electron chi connectivity index (χ3n) is 4.84. The van der Waals surface area contributed by atoms with Crippen LogP contribution < -0.4 is 14.8 Å². The average molecular weight is 475 g/mol. The summed E-state index contributed by atoms with van der Waals surface area (Å²) in [5.74, 6) is -1.04. The number of carbonyl (C=O) groups excluding carboxylic acids is 2. The molecule has 0 saturated heterocycles. The van der Waals surface area contributed by atoms with Crippen LogP contribution in [0.1, 0.15) is 38.8 Å². The quantitative estimate of drug-likeness (QED) is 0.448. The van der Waals surface area contributed by atoms with Gasteiger partial charge < -0.3 is 14.8 Å². The first-order chi connectivity index (χ1) is 15.4. The minimum absolute atomic E-state index is 0.000414. The van der Waals surface area contributed by atoms with E-state index in [0.717, 1.165) is 11.6 Å². The van der Waals surface area contributed by atoms with Crippen LogP contribution in [0, 0.1) is 0 Å². The summed E-state index contributed by atoms with van der Waals surface area (Å²) < 4.78 is 36.8. The van der Waals surface area contributed by atoms with Crippen LogP contribution in [0.4, 0.5) is 5.69 Å². The summed E-state index contributed by atoms with van der Waals surface area (Å²) in [6.45, 7) is 7.77. The monoisotopic (exact) mass is 474 g/mol. The SMILES string of the molecule is CNS(=O)(=O)c1cc(/C=C/C(=O)OC(C)C(=O)Nc2ccc(C(C)(C)C)cc2)ccc1OC. The van der Waals surface area contributed by atoms with E-state index in [9.17, 15) is 18.0 Å². The van der Waals surface area contributed by atoms with Crippen LogP contribution in [-0.4, -0.2) is 40.6 Å². The molecule has 0 saturated carbocycles. The number of hydrogen-bond acceptors (Lipinski definition) is 6. The molecule has 1 amide bonds. The molecule has 2 aromatic carbocycles. The van der Waals surface area contributed by atoms with Crippen LogP contribution >= 0.6 is 0 Å². The van der Waals surface area contributed by atoms with Crippen molar-refractivity contribution in [3.8, 4) is 5.75 Å². The van der Waals surface area contributed by atoms with Crippen LogP contribution in [0.5, 0.6) is 5.75 Å². The molecule has 9 heteroatoms. The van der Waals surface area contributed by atoms with E-state index in [4.69, 9.17) is 9.47 Å². The number of anilines is 1. The summed E-state index contributed by atoms with van der Waals surface area (Å²) in [6, 6.07) is 11.9. The van der Waals surface area contributed by atoms with Gasteiger partial charge in [-0.3, -0.25) is 4.79 Å². The number of ether oxygens (including phenoxy) is 2. The molecule has 2 rings (SSSR count).